The molecule has 12 heavy (non-hydrogen) atoms. The molecule has 0 aliphatic rings. The molecular formula is C8H14O4. The Kier molecular flexibility index (Phi) is 5.08. The summed E-state index contributed by atoms with van der Waals surface area (Å²) in [5, 5.41) is 8.21. The highest BCUT2D eigenvalue weighted by atomic mass is 16.5. The van der Waals surface area contributed by atoms with Crippen LogP contribution in [0.3, 0.4) is 0 Å². The molecule has 0 radical (unpaired) electrons. The summed E-state index contributed by atoms with van der Waals surface area (Å²) in [5.74, 6) is -1.69. The number of hydrogen-bond donors (Lipinski definition) is 1. The van der Waals surface area contributed by atoms with Gasteiger partial charge in [-0.2, -0.15) is 0 Å². The third-order valence-electron chi connectivity index (χ3n) is 1.66. The summed E-state index contributed by atoms with van der Waals surface area (Å²) in [6, 6.07) is 0. The Labute approximate surface area is 71.5 Å². The van der Waals surface area contributed by atoms with Crippen molar-refractivity contribution in [3.05, 3.63) is 0 Å². The summed E-state index contributed by atoms with van der Waals surface area (Å²) in [4.78, 5) is 21.0. The zero-order valence-electron chi connectivity index (χ0n) is 7.37. The summed E-state index contributed by atoms with van der Waals surface area (Å²) in [5.41, 5.74) is 0. The molecule has 0 spiro atoms. The van der Waals surface area contributed by atoms with E-state index in [1.165, 1.54) is 0 Å². The van der Waals surface area contributed by atoms with Crippen LogP contribution in [-0.2, 0) is 14.3 Å². The summed E-state index contributed by atoms with van der Waals surface area (Å²) in [6.07, 6.45) is 1.38. The van der Waals surface area contributed by atoms with Gasteiger partial charge in [0.1, 0.15) is 0 Å². The number of carboxylic acids is 1. The number of rotatable bonds is 5. The van der Waals surface area contributed by atoms with Crippen molar-refractivity contribution >= 4 is 11.9 Å². The van der Waals surface area contributed by atoms with Crippen LogP contribution in [0.5, 0.6) is 0 Å². The average Bonchev–Trinajstić information content (AvgIpc) is 2.03. The molecule has 0 aromatic rings. The minimum atomic E-state index is -1.12. The Hall–Kier alpha value is -1.06. The number of carbonyl (C=O) groups is 2. The van der Waals surface area contributed by atoms with E-state index in [2.05, 4.69) is 4.74 Å². The molecule has 0 aliphatic heterocycles. The molecule has 0 atom stereocenters. The van der Waals surface area contributed by atoms with Crippen LogP contribution in [0.25, 0.3) is 0 Å². The van der Waals surface area contributed by atoms with E-state index in [-0.39, 0.29) is 5.92 Å². The fourth-order valence-electron chi connectivity index (χ4n) is 0.873. The van der Waals surface area contributed by atoms with Gasteiger partial charge >= 0.3 is 11.9 Å². The molecule has 0 aromatic carbocycles. The van der Waals surface area contributed by atoms with Crippen molar-refractivity contribution in [1.82, 2.24) is 0 Å². The van der Waals surface area contributed by atoms with Crippen molar-refractivity contribution < 1.29 is 19.4 Å². The van der Waals surface area contributed by atoms with Gasteiger partial charge in [-0.05, 0) is 12.8 Å². The number of carboxylic acid groups (broad SMARTS) is 1. The van der Waals surface area contributed by atoms with Crippen LogP contribution in [-0.4, -0.2) is 23.7 Å². The zero-order valence-corrected chi connectivity index (χ0v) is 7.37. The minimum Gasteiger partial charge on any atom is -0.479 e. The van der Waals surface area contributed by atoms with Crippen LogP contribution < -0.4 is 0 Å². The second-order valence-corrected chi connectivity index (χ2v) is 2.51. The fraction of sp³-hybridized carbons (Fsp3) is 0.750. The second kappa shape index (κ2) is 5.57. The van der Waals surface area contributed by atoms with Crippen LogP contribution in [0.4, 0.5) is 0 Å². The number of ether oxygens (including phenoxy) is 1. The fourth-order valence-corrected chi connectivity index (χ4v) is 0.873. The van der Waals surface area contributed by atoms with Crippen LogP contribution in [0.2, 0.25) is 0 Å². The molecule has 0 aliphatic carbocycles. The topological polar surface area (TPSA) is 63.6 Å². The predicted molar refractivity (Wildman–Crippen MR) is 42.7 cm³/mol. The number of carbonyl (C=O) groups excluding carboxylic acids is 1. The molecule has 4 heteroatoms. The first kappa shape index (κ1) is 10.9. The van der Waals surface area contributed by atoms with E-state index < -0.39 is 18.5 Å². The van der Waals surface area contributed by atoms with Gasteiger partial charge in [0.15, 0.2) is 6.61 Å². The highest BCUT2D eigenvalue weighted by Gasteiger charge is 2.16. The maximum absolute atomic E-state index is 11.0. The standard InChI is InChI=1S/C8H14O4/c1-3-6(4-2)8(11)12-5-7(9)10/h6H,3-5H2,1-2H3,(H,9,10). The van der Waals surface area contributed by atoms with Gasteiger partial charge in [0.2, 0.25) is 0 Å². The largest absolute Gasteiger partial charge is 0.479 e. The van der Waals surface area contributed by atoms with Crippen molar-refractivity contribution in [3.8, 4) is 0 Å². The summed E-state index contributed by atoms with van der Waals surface area (Å²) in [7, 11) is 0. The van der Waals surface area contributed by atoms with E-state index in [1.807, 2.05) is 13.8 Å². The third-order valence-corrected chi connectivity index (χ3v) is 1.66. The van der Waals surface area contributed by atoms with E-state index in [4.69, 9.17) is 5.11 Å². The van der Waals surface area contributed by atoms with Gasteiger partial charge in [0.05, 0.1) is 5.92 Å². The highest BCUT2D eigenvalue weighted by Crippen LogP contribution is 2.08. The van der Waals surface area contributed by atoms with Gasteiger partial charge < -0.3 is 9.84 Å². The third kappa shape index (κ3) is 3.95. The lowest BCUT2D eigenvalue weighted by Gasteiger charge is -2.09. The summed E-state index contributed by atoms with van der Waals surface area (Å²) < 4.78 is 4.51. The van der Waals surface area contributed by atoms with Crippen LogP contribution in [0, 0.1) is 5.92 Å². The van der Waals surface area contributed by atoms with Crippen molar-refractivity contribution in [3.63, 3.8) is 0 Å². The monoisotopic (exact) mass is 174 g/mol. The molecule has 0 rings (SSSR count). The van der Waals surface area contributed by atoms with Gasteiger partial charge in [0.25, 0.3) is 0 Å². The van der Waals surface area contributed by atoms with Crippen molar-refractivity contribution in [2.24, 2.45) is 5.92 Å². The number of hydrogen-bond acceptors (Lipinski definition) is 3. The molecule has 70 valence electrons. The van der Waals surface area contributed by atoms with Crippen molar-refractivity contribution in [2.75, 3.05) is 6.61 Å². The number of aliphatic carboxylic acids is 1. The van der Waals surface area contributed by atoms with E-state index in [0.29, 0.717) is 12.8 Å². The Balaban J connectivity index is 3.77. The maximum Gasteiger partial charge on any atom is 0.341 e. The second-order valence-electron chi connectivity index (χ2n) is 2.51. The molecule has 1 N–H and O–H groups in total. The SMILES string of the molecule is CCC(CC)C(=O)OCC(=O)O. The quantitative estimate of drug-likeness (QED) is 0.633. The zero-order chi connectivity index (χ0) is 9.56. The van der Waals surface area contributed by atoms with Gasteiger partial charge in [0, 0.05) is 0 Å². The molecule has 0 aromatic heterocycles. The molecule has 0 fully saturated rings. The van der Waals surface area contributed by atoms with Crippen molar-refractivity contribution in [2.45, 2.75) is 26.7 Å². The molecule has 0 amide bonds. The van der Waals surface area contributed by atoms with Crippen molar-refractivity contribution in [1.29, 1.82) is 0 Å². The van der Waals surface area contributed by atoms with Gasteiger partial charge in [-0.1, -0.05) is 13.8 Å². The Bertz CT molecular complexity index is 160. The average molecular weight is 174 g/mol. The molecule has 0 unspecified atom stereocenters. The molecule has 0 bridgehead atoms. The molecule has 0 saturated carbocycles. The van der Waals surface area contributed by atoms with Gasteiger partial charge in [-0.3, -0.25) is 4.79 Å². The van der Waals surface area contributed by atoms with Crippen LogP contribution in [0.1, 0.15) is 26.7 Å². The lowest BCUT2D eigenvalue weighted by atomic mass is 10.0. The molecule has 4 nitrogen and oxygen atoms in total. The first-order valence-electron chi connectivity index (χ1n) is 4.00. The molecular weight excluding hydrogens is 160 g/mol. The Morgan fingerprint density at radius 2 is 1.83 bits per heavy atom. The normalized spacial score (nSPS) is 9.92. The van der Waals surface area contributed by atoms with Gasteiger partial charge in [-0.25, -0.2) is 4.79 Å². The predicted octanol–water partition coefficient (Wildman–Crippen LogP) is 1.05. The maximum atomic E-state index is 11.0. The Morgan fingerprint density at radius 1 is 1.33 bits per heavy atom. The minimum absolute atomic E-state index is 0.163. The van der Waals surface area contributed by atoms with E-state index >= 15 is 0 Å². The lowest BCUT2D eigenvalue weighted by molar-refractivity contribution is -0.158. The number of esters is 1. The smallest absolute Gasteiger partial charge is 0.341 e. The Morgan fingerprint density at radius 3 is 2.17 bits per heavy atom. The summed E-state index contributed by atoms with van der Waals surface area (Å²) in [6.45, 7) is 3.21. The van der Waals surface area contributed by atoms with Crippen LogP contribution in [0.15, 0.2) is 0 Å². The molecule has 0 heterocycles. The van der Waals surface area contributed by atoms with E-state index in [1.54, 1.807) is 0 Å². The van der Waals surface area contributed by atoms with Gasteiger partial charge in [-0.15, -0.1) is 0 Å². The first-order chi connectivity index (χ1) is 5.61. The van der Waals surface area contributed by atoms with Crippen LogP contribution >= 0.6 is 0 Å². The molecule has 0 saturated heterocycles. The highest BCUT2D eigenvalue weighted by molar-refractivity contribution is 5.76. The first-order valence-corrected chi connectivity index (χ1v) is 4.00. The lowest BCUT2D eigenvalue weighted by Crippen LogP contribution is -2.20. The van der Waals surface area contributed by atoms with E-state index in [0.717, 1.165) is 0 Å². The van der Waals surface area contributed by atoms with E-state index in [9.17, 15) is 9.59 Å². The summed E-state index contributed by atoms with van der Waals surface area (Å²) >= 11 is 0.